The molecule has 0 spiro atoms. The minimum atomic E-state index is -0.743. The van der Waals surface area contributed by atoms with Crippen molar-refractivity contribution in [2.24, 2.45) is 0 Å². The molecule has 5 nitrogen and oxygen atoms in total. The smallest absolute Gasteiger partial charge is 0.300 e. The summed E-state index contributed by atoms with van der Waals surface area (Å²) < 4.78 is 5.69. The summed E-state index contributed by atoms with van der Waals surface area (Å²) in [4.78, 5) is 28.1. The number of aryl methyl sites for hydroxylation is 2. The highest BCUT2D eigenvalue weighted by Gasteiger charge is 2.47. The van der Waals surface area contributed by atoms with Crippen LogP contribution < -0.4 is 9.64 Å². The van der Waals surface area contributed by atoms with E-state index < -0.39 is 17.7 Å². The lowest BCUT2D eigenvalue weighted by Gasteiger charge is -2.27. The summed E-state index contributed by atoms with van der Waals surface area (Å²) in [6.07, 6.45) is 0.852. The molecule has 1 saturated heterocycles. The molecule has 1 N–H and O–H groups in total. The third kappa shape index (κ3) is 4.27. The molecule has 1 atom stereocenters. The molecule has 0 bridgehead atoms. The van der Waals surface area contributed by atoms with E-state index in [9.17, 15) is 14.7 Å². The van der Waals surface area contributed by atoms with Crippen LogP contribution in [0.2, 0.25) is 0 Å². The van der Waals surface area contributed by atoms with Crippen LogP contribution in [0.25, 0.3) is 5.76 Å². The van der Waals surface area contributed by atoms with Gasteiger partial charge in [-0.05, 0) is 49.6 Å². The first kappa shape index (κ1) is 22.3. The molecular weight excluding hydrogens is 414 g/mol. The number of ether oxygens (including phenoxy) is 1. The van der Waals surface area contributed by atoms with E-state index in [0.29, 0.717) is 23.6 Å². The first-order chi connectivity index (χ1) is 15.9. The van der Waals surface area contributed by atoms with Crippen LogP contribution >= 0.6 is 0 Å². The van der Waals surface area contributed by atoms with Crippen molar-refractivity contribution in [1.82, 2.24) is 0 Å². The van der Waals surface area contributed by atoms with Crippen LogP contribution in [0.1, 0.15) is 41.6 Å². The van der Waals surface area contributed by atoms with E-state index in [4.69, 9.17) is 4.74 Å². The van der Waals surface area contributed by atoms with E-state index in [1.807, 2.05) is 69.3 Å². The number of carbonyl (C=O) groups is 2. The van der Waals surface area contributed by atoms with Crippen LogP contribution in [0.15, 0.2) is 78.4 Å². The van der Waals surface area contributed by atoms with Crippen LogP contribution in [0.4, 0.5) is 5.69 Å². The molecule has 1 amide bonds. The molecule has 0 saturated carbocycles. The lowest BCUT2D eigenvalue weighted by Crippen LogP contribution is -2.30. The minimum Gasteiger partial charge on any atom is -0.507 e. The number of rotatable bonds is 6. The Bertz CT molecular complexity index is 1230. The Hall–Kier alpha value is -3.86. The predicted octanol–water partition coefficient (Wildman–Crippen LogP) is 5.72. The van der Waals surface area contributed by atoms with Crippen LogP contribution in [0.3, 0.4) is 0 Å². The van der Waals surface area contributed by atoms with E-state index in [0.717, 1.165) is 23.1 Å². The Labute approximate surface area is 193 Å². The van der Waals surface area contributed by atoms with Crippen LogP contribution in [0.5, 0.6) is 5.75 Å². The molecule has 1 heterocycles. The van der Waals surface area contributed by atoms with Gasteiger partial charge in [0.2, 0.25) is 0 Å². The zero-order valence-corrected chi connectivity index (χ0v) is 19.0. The van der Waals surface area contributed by atoms with Crippen LogP contribution in [-0.4, -0.2) is 23.4 Å². The van der Waals surface area contributed by atoms with Crippen molar-refractivity contribution in [1.29, 1.82) is 0 Å². The lowest BCUT2D eigenvalue weighted by molar-refractivity contribution is -0.132. The van der Waals surface area contributed by atoms with Crippen LogP contribution in [-0.2, 0) is 9.59 Å². The number of hydrogen-bond donors (Lipinski definition) is 1. The van der Waals surface area contributed by atoms with Gasteiger partial charge in [-0.15, -0.1) is 0 Å². The second-order valence-electron chi connectivity index (χ2n) is 8.25. The second kappa shape index (κ2) is 9.33. The van der Waals surface area contributed by atoms with Crippen molar-refractivity contribution in [3.63, 3.8) is 0 Å². The molecule has 168 valence electrons. The number of amides is 1. The fourth-order valence-electron chi connectivity index (χ4n) is 4.22. The Balaban J connectivity index is 1.90. The molecule has 1 aliphatic rings. The number of aliphatic hydroxyl groups excluding tert-OH is 1. The van der Waals surface area contributed by atoms with Gasteiger partial charge in [0.25, 0.3) is 11.7 Å². The number of ketones is 1. The number of anilines is 1. The van der Waals surface area contributed by atoms with Gasteiger partial charge in [0.05, 0.1) is 18.2 Å². The number of carbonyl (C=O) groups excluding carboxylic acids is 2. The normalized spacial score (nSPS) is 17.4. The van der Waals surface area contributed by atoms with Gasteiger partial charge in [0.1, 0.15) is 11.5 Å². The number of nitrogens with zero attached hydrogens (tertiary/aromatic N) is 1. The van der Waals surface area contributed by atoms with Gasteiger partial charge < -0.3 is 9.84 Å². The van der Waals surface area contributed by atoms with Gasteiger partial charge in [-0.2, -0.15) is 0 Å². The van der Waals surface area contributed by atoms with Crippen molar-refractivity contribution < 1.29 is 19.4 Å². The van der Waals surface area contributed by atoms with Gasteiger partial charge in [0, 0.05) is 11.3 Å². The van der Waals surface area contributed by atoms with Gasteiger partial charge in [-0.1, -0.05) is 67.1 Å². The third-order valence-electron chi connectivity index (χ3n) is 5.75. The molecule has 5 heteroatoms. The minimum absolute atomic E-state index is 0.0683. The molecular formula is C28H27NO4. The van der Waals surface area contributed by atoms with E-state index in [2.05, 4.69) is 0 Å². The van der Waals surface area contributed by atoms with Crippen molar-refractivity contribution >= 4 is 23.1 Å². The monoisotopic (exact) mass is 441 g/mol. The van der Waals surface area contributed by atoms with E-state index >= 15 is 0 Å². The highest BCUT2D eigenvalue weighted by Crippen LogP contribution is 2.43. The predicted molar refractivity (Wildman–Crippen MR) is 129 cm³/mol. The number of hydrogen-bond acceptors (Lipinski definition) is 4. The van der Waals surface area contributed by atoms with Gasteiger partial charge in [-0.3, -0.25) is 14.5 Å². The Kier molecular flexibility index (Phi) is 6.31. The average Bonchev–Trinajstić information content (AvgIpc) is 3.08. The SMILES string of the molecule is CCCOc1cccc(/C(O)=C2\C(=O)C(=O)N(c3ccc(C)cc3C)C2c2ccccc2)c1. The second-order valence-corrected chi connectivity index (χ2v) is 8.25. The first-order valence-electron chi connectivity index (χ1n) is 11.1. The molecule has 0 aliphatic carbocycles. The Morgan fingerprint density at radius 2 is 1.73 bits per heavy atom. The average molecular weight is 442 g/mol. The molecule has 1 unspecified atom stereocenters. The van der Waals surface area contributed by atoms with Gasteiger partial charge in [0.15, 0.2) is 0 Å². The summed E-state index contributed by atoms with van der Waals surface area (Å²) in [5.41, 5.74) is 3.84. The molecule has 4 rings (SSSR count). The Morgan fingerprint density at radius 1 is 0.970 bits per heavy atom. The molecule has 0 radical (unpaired) electrons. The van der Waals surface area contributed by atoms with Crippen molar-refractivity contribution in [3.05, 3.63) is 101 Å². The zero-order valence-electron chi connectivity index (χ0n) is 19.0. The fourth-order valence-corrected chi connectivity index (χ4v) is 4.22. The van der Waals surface area contributed by atoms with Crippen molar-refractivity contribution in [3.8, 4) is 5.75 Å². The molecule has 33 heavy (non-hydrogen) atoms. The van der Waals surface area contributed by atoms with Gasteiger partial charge in [-0.25, -0.2) is 0 Å². The number of aliphatic hydroxyl groups is 1. The molecule has 0 aromatic heterocycles. The Morgan fingerprint density at radius 3 is 2.42 bits per heavy atom. The van der Waals surface area contributed by atoms with E-state index in [1.165, 1.54) is 4.90 Å². The standard InChI is InChI=1S/C28H27NO4/c1-4-15-33-22-12-8-11-21(17-22)26(30)24-25(20-9-6-5-7-10-20)29(28(32)27(24)31)23-14-13-18(2)16-19(23)3/h5-14,16-17,25,30H,4,15H2,1-3H3/b26-24+. The number of Topliss-reactive ketones (excluding diaryl/α,β-unsaturated/α-hetero) is 1. The van der Waals surface area contributed by atoms with E-state index in [-0.39, 0.29) is 11.3 Å². The summed E-state index contributed by atoms with van der Waals surface area (Å²) in [6.45, 7) is 6.45. The molecule has 1 aliphatic heterocycles. The summed E-state index contributed by atoms with van der Waals surface area (Å²) in [5, 5.41) is 11.3. The third-order valence-corrected chi connectivity index (χ3v) is 5.75. The lowest BCUT2D eigenvalue weighted by atomic mass is 9.95. The molecule has 3 aromatic rings. The highest BCUT2D eigenvalue weighted by molar-refractivity contribution is 6.51. The summed E-state index contributed by atoms with van der Waals surface area (Å²) >= 11 is 0. The van der Waals surface area contributed by atoms with Crippen molar-refractivity contribution in [2.45, 2.75) is 33.2 Å². The largest absolute Gasteiger partial charge is 0.507 e. The first-order valence-corrected chi connectivity index (χ1v) is 11.1. The zero-order chi connectivity index (χ0) is 23.5. The van der Waals surface area contributed by atoms with Gasteiger partial charge >= 0.3 is 0 Å². The fraction of sp³-hybridized carbons (Fsp3) is 0.214. The van der Waals surface area contributed by atoms with E-state index in [1.54, 1.807) is 24.3 Å². The highest BCUT2D eigenvalue weighted by atomic mass is 16.5. The number of benzene rings is 3. The maximum absolute atomic E-state index is 13.3. The maximum atomic E-state index is 13.3. The summed E-state index contributed by atoms with van der Waals surface area (Å²) in [7, 11) is 0. The summed E-state index contributed by atoms with van der Waals surface area (Å²) in [6, 6.07) is 21.3. The topological polar surface area (TPSA) is 66.8 Å². The maximum Gasteiger partial charge on any atom is 0.300 e. The molecule has 1 fully saturated rings. The summed E-state index contributed by atoms with van der Waals surface area (Å²) in [5.74, 6) is -0.978. The molecule has 3 aromatic carbocycles. The van der Waals surface area contributed by atoms with Crippen molar-refractivity contribution in [2.75, 3.05) is 11.5 Å². The van der Waals surface area contributed by atoms with Crippen LogP contribution in [0, 0.1) is 13.8 Å². The quantitative estimate of drug-likeness (QED) is 0.302.